The lowest BCUT2D eigenvalue weighted by Gasteiger charge is -2.26. The summed E-state index contributed by atoms with van der Waals surface area (Å²) >= 11 is 0. The first-order chi connectivity index (χ1) is 8.82. The Morgan fingerprint density at radius 2 is 2.05 bits per heavy atom. The van der Waals surface area contributed by atoms with Gasteiger partial charge in [0.15, 0.2) is 0 Å². The molecule has 1 saturated heterocycles. The molecule has 0 aromatic carbocycles. The van der Waals surface area contributed by atoms with Gasteiger partial charge in [-0.25, -0.2) is 4.72 Å². The Kier molecular flexibility index (Phi) is 6.19. The topological polar surface area (TPSA) is 67.9 Å². The molecule has 0 radical (unpaired) electrons. The van der Waals surface area contributed by atoms with Crippen LogP contribution >= 0.6 is 0 Å². The number of ether oxygens (including phenoxy) is 2. The first-order valence-corrected chi connectivity index (χ1v) is 8.07. The quantitative estimate of drug-likeness (QED) is 0.717. The van der Waals surface area contributed by atoms with Crippen LogP contribution in [0.5, 0.6) is 0 Å². The standard InChI is InChI=1S/C12H26N2O4S/c1-12(2,18-4)7-8-13-19(15,16)14-9-5-6-11(14)10-17-3/h11,13H,5-10H2,1-4H3/t11-/m1/s1. The van der Waals surface area contributed by atoms with Crippen molar-refractivity contribution in [2.45, 2.75) is 44.8 Å². The van der Waals surface area contributed by atoms with Crippen LogP contribution in [-0.4, -0.2) is 58.3 Å². The molecule has 0 unspecified atom stereocenters. The van der Waals surface area contributed by atoms with Gasteiger partial charge >= 0.3 is 0 Å². The van der Waals surface area contributed by atoms with E-state index in [1.54, 1.807) is 14.2 Å². The summed E-state index contributed by atoms with van der Waals surface area (Å²) in [6.45, 7) is 5.26. The maximum Gasteiger partial charge on any atom is 0.279 e. The molecule has 1 rings (SSSR count). The summed E-state index contributed by atoms with van der Waals surface area (Å²) in [5, 5.41) is 0. The van der Waals surface area contributed by atoms with Crippen LogP contribution < -0.4 is 4.72 Å². The summed E-state index contributed by atoms with van der Waals surface area (Å²) in [5.74, 6) is 0. The summed E-state index contributed by atoms with van der Waals surface area (Å²) < 4.78 is 38.9. The summed E-state index contributed by atoms with van der Waals surface area (Å²) in [4.78, 5) is 0. The van der Waals surface area contributed by atoms with Crippen molar-refractivity contribution >= 4 is 10.2 Å². The SMILES string of the molecule is COC[C@H]1CCCN1S(=O)(=O)NCCC(C)(C)OC. The molecule has 0 bridgehead atoms. The molecule has 0 aromatic heterocycles. The fourth-order valence-electron chi connectivity index (χ4n) is 2.15. The van der Waals surface area contributed by atoms with E-state index in [9.17, 15) is 8.42 Å². The van der Waals surface area contributed by atoms with Crippen LogP contribution in [0.1, 0.15) is 33.1 Å². The average Bonchev–Trinajstić information content (AvgIpc) is 2.78. The molecule has 6 nitrogen and oxygen atoms in total. The minimum atomic E-state index is -3.41. The van der Waals surface area contributed by atoms with Gasteiger partial charge in [0.05, 0.1) is 12.2 Å². The maximum atomic E-state index is 12.2. The molecule has 0 aromatic rings. The van der Waals surface area contributed by atoms with Crippen LogP contribution in [0.2, 0.25) is 0 Å². The average molecular weight is 294 g/mol. The number of nitrogens with one attached hydrogen (secondary N) is 1. The van der Waals surface area contributed by atoms with E-state index in [-0.39, 0.29) is 11.6 Å². The predicted molar refractivity (Wildman–Crippen MR) is 74.2 cm³/mol. The summed E-state index contributed by atoms with van der Waals surface area (Å²) in [6, 6.07) is -0.0436. The van der Waals surface area contributed by atoms with Gasteiger partial charge < -0.3 is 9.47 Å². The third kappa shape index (κ3) is 5.00. The maximum absolute atomic E-state index is 12.2. The summed E-state index contributed by atoms with van der Waals surface area (Å²) in [5.41, 5.74) is -0.320. The molecule has 0 saturated carbocycles. The van der Waals surface area contributed by atoms with Gasteiger partial charge in [0.25, 0.3) is 10.2 Å². The van der Waals surface area contributed by atoms with Crippen LogP contribution in [0.3, 0.4) is 0 Å². The van der Waals surface area contributed by atoms with E-state index in [0.717, 1.165) is 12.8 Å². The Morgan fingerprint density at radius 1 is 1.37 bits per heavy atom. The molecule has 1 atom stereocenters. The molecule has 1 N–H and O–H groups in total. The summed E-state index contributed by atoms with van der Waals surface area (Å²) in [6.07, 6.45) is 2.38. The van der Waals surface area contributed by atoms with Crippen molar-refractivity contribution in [3.63, 3.8) is 0 Å². The molecular formula is C12H26N2O4S. The molecule has 114 valence electrons. The van der Waals surface area contributed by atoms with Crippen LogP contribution in [0.4, 0.5) is 0 Å². The van der Waals surface area contributed by atoms with Gasteiger partial charge in [-0.2, -0.15) is 12.7 Å². The second-order valence-electron chi connectivity index (χ2n) is 5.48. The smallest absolute Gasteiger partial charge is 0.279 e. The highest BCUT2D eigenvalue weighted by molar-refractivity contribution is 7.87. The first kappa shape index (κ1) is 16.8. The van der Waals surface area contributed by atoms with E-state index >= 15 is 0 Å². The van der Waals surface area contributed by atoms with Gasteiger partial charge in [0.1, 0.15) is 0 Å². The Hall–Kier alpha value is -0.210. The third-order valence-corrected chi connectivity index (χ3v) is 5.22. The lowest BCUT2D eigenvalue weighted by atomic mass is 10.1. The lowest BCUT2D eigenvalue weighted by molar-refractivity contribution is 0.0168. The van der Waals surface area contributed by atoms with Crippen LogP contribution in [0.15, 0.2) is 0 Å². The molecule has 0 aliphatic carbocycles. The fraction of sp³-hybridized carbons (Fsp3) is 1.00. The number of hydrogen-bond donors (Lipinski definition) is 1. The second-order valence-corrected chi connectivity index (χ2v) is 7.18. The molecule has 1 fully saturated rings. The third-order valence-electron chi connectivity index (χ3n) is 3.56. The number of hydrogen-bond acceptors (Lipinski definition) is 4. The van der Waals surface area contributed by atoms with E-state index in [4.69, 9.17) is 9.47 Å². The van der Waals surface area contributed by atoms with Crippen molar-refractivity contribution in [1.82, 2.24) is 9.03 Å². The number of nitrogens with zero attached hydrogens (tertiary/aromatic N) is 1. The van der Waals surface area contributed by atoms with E-state index in [0.29, 0.717) is 26.1 Å². The molecule has 19 heavy (non-hydrogen) atoms. The van der Waals surface area contributed by atoms with Crippen LogP contribution in [0.25, 0.3) is 0 Å². The fourth-order valence-corrected chi connectivity index (χ4v) is 3.60. The Bertz CT molecular complexity index is 370. The van der Waals surface area contributed by atoms with Gasteiger partial charge in [0.2, 0.25) is 0 Å². The van der Waals surface area contributed by atoms with E-state index in [1.165, 1.54) is 4.31 Å². The Labute approximate surface area is 116 Å². The zero-order valence-electron chi connectivity index (χ0n) is 12.3. The van der Waals surface area contributed by atoms with E-state index < -0.39 is 10.2 Å². The lowest BCUT2D eigenvalue weighted by Crippen LogP contribution is -2.46. The molecule has 0 spiro atoms. The van der Waals surface area contributed by atoms with Gasteiger partial charge in [-0.3, -0.25) is 0 Å². The molecule has 1 heterocycles. The molecular weight excluding hydrogens is 268 g/mol. The van der Waals surface area contributed by atoms with Crippen molar-refractivity contribution in [3.05, 3.63) is 0 Å². The Morgan fingerprint density at radius 3 is 2.63 bits per heavy atom. The van der Waals surface area contributed by atoms with Crippen molar-refractivity contribution in [2.24, 2.45) is 0 Å². The van der Waals surface area contributed by atoms with Crippen molar-refractivity contribution in [2.75, 3.05) is 33.9 Å². The van der Waals surface area contributed by atoms with Crippen molar-refractivity contribution in [3.8, 4) is 0 Å². The molecule has 0 amide bonds. The summed E-state index contributed by atoms with van der Waals surface area (Å²) in [7, 11) is -0.191. The van der Waals surface area contributed by atoms with Gasteiger partial charge in [-0.1, -0.05) is 0 Å². The zero-order chi connectivity index (χ0) is 14.5. The van der Waals surface area contributed by atoms with Crippen molar-refractivity contribution < 1.29 is 17.9 Å². The van der Waals surface area contributed by atoms with Crippen LogP contribution in [0, 0.1) is 0 Å². The normalized spacial score (nSPS) is 22.0. The minimum absolute atomic E-state index is 0.0436. The van der Waals surface area contributed by atoms with Gasteiger partial charge in [0, 0.05) is 33.4 Å². The Balaban J connectivity index is 2.51. The second kappa shape index (κ2) is 6.99. The van der Waals surface area contributed by atoms with E-state index in [2.05, 4.69) is 4.72 Å². The minimum Gasteiger partial charge on any atom is -0.383 e. The number of methoxy groups -OCH3 is 2. The molecule has 1 aliphatic heterocycles. The highest BCUT2D eigenvalue weighted by Crippen LogP contribution is 2.20. The highest BCUT2D eigenvalue weighted by Gasteiger charge is 2.34. The molecule has 1 aliphatic rings. The highest BCUT2D eigenvalue weighted by atomic mass is 32.2. The van der Waals surface area contributed by atoms with E-state index in [1.807, 2.05) is 13.8 Å². The molecule has 7 heteroatoms. The van der Waals surface area contributed by atoms with Gasteiger partial charge in [-0.15, -0.1) is 0 Å². The van der Waals surface area contributed by atoms with Crippen LogP contribution in [-0.2, 0) is 19.7 Å². The van der Waals surface area contributed by atoms with Gasteiger partial charge in [-0.05, 0) is 33.1 Å². The first-order valence-electron chi connectivity index (χ1n) is 6.63. The largest absolute Gasteiger partial charge is 0.383 e. The van der Waals surface area contributed by atoms with Crippen molar-refractivity contribution in [1.29, 1.82) is 0 Å². The number of rotatable bonds is 8. The predicted octanol–water partition coefficient (Wildman–Crippen LogP) is 0.747. The monoisotopic (exact) mass is 294 g/mol. The zero-order valence-corrected chi connectivity index (χ0v) is 13.1.